The zero-order chi connectivity index (χ0) is 22.5. The number of nitrogens with one attached hydrogen (secondary N) is 3. The topological polar surface area (TPSA) is 117 Å². The standard InChI is InChI=1S/C23H27N5O3/c1-5-25-22(24)15-7-6-8-17(21(15)31-4)27-18-11-19(28-23(30)13(2)3)26-12-16(18)20(29)14-9-10-14/h5-8,11-14,24H,9-10H2,1-4H3,(H2,26,27,28,30). The monoisotopic (exact) mass is 421 g/mol. The van der Waals surface area contributed by atoms with Gasteiger partial charge in [-0.2, -0.15) is 0 Å². The summed E-state index contributed by atoms with van der Waals surface area (Å²) in [5, 5.41) is 14.2. The molecule has 1 heterocycles. The molecule has 1 aliphatic rings. The van der Waals surface area contributed by atoms with Crippen LogP contribution in [0.1, 0.15) is 49.5 Å². The summed E-state index contributed by atoms with van der Waals surface area (Å²) in [5.41, 5.74) is 2.07. The Morgan fingerprint density at radius 2 is 2.00 bits per heavy atom. The molecule has 1 aliphatic carbocycles. The second-order valence-corrected chi connectivity index (χ2v) is 7.64. The van der Waals surface area contributed by atoms with Gasteiger partial charge in [-0.1, -0.05) is 19.9 Å². The molecule has 0 atom stereocenters. The molecule has 1 fully saturated rings. The second-order valence-electron chi connectivity index (χ2n) is 7.64. The highest BCUT2D eigenvalue weighted by Gasteiger charge is 2.32. The van der Waals surface area contributed by atoms with Gasteiger partial charge in [0.25, 0.3) is 0 Å². The number of anilines is 3. The van der Waals surface area contributed by atoms with Crippen LogP contribution in [0, 0.1) is 17.2 Å². The van der Waals surface area contributed by atoms with Crippen molar-refractivity contribution >= 4 is 40.9 Å². The number of benzene rings is 1. The Morgan fingerprint density at radius 3 is 2.61 bits per heavy atom. The minimum absolute atomic E-state index is 0.0127. The van der Waals surface area contributed by atoms with E-state index < -0.39 is 0 Å². The maximum absolute atomic E-state index is 12.8. The zero-order valence-electron chi connectivity index (χ0n) is 18.2. The quantitative estimate of drug-likeness (QED) is 0.331. The van der Waals surface area contributed by atoms with Crippen molar-refractivity contribution in [2.45, 2.75) is 33.6 Å². The molecule has 3 N–H and O–H groups in total. The molecule has 3 rings (SSSR count). The largest absolute Gasteiger partial charge is 0.494 e. The number of nitrogens with zero attached hydrogens (tertiary/aromatic N) is 2. The number of amidine groups is 1. The Kier molecular flexibility index (Phi) is 6.79. The van der Waals surface area contributed by atoms with Crippen molar-refractivity contribution in [3.63, 3.8) is 0 Å². The van der Waals surface area contributed by atoms with Crippen LogP contribution in [0.4, 0.5) is 17.2 Å². The number of ketones is 1. The van der Waals surface area contributed by atoms with Crippen LogP contribution >= 0.6 is 0 Å². The second kappa shape index (κ2) is 9.51. The van der Waals surface area contributed by atoms with Crippen LogP contribution in [0.5, 0.6) is 5.75 Å². The third kappa shape index (κ3) is 5.14. The van der Waals surface area contributed by atoms with Crippen molar-refractivity contribution in [1.29, 1.82) is 5.41 Å². The molecule has 1 saturated carbocycles. The van der Waals surface area contributed by atoms with Gasteiger partial charge in [-0.15, -0.1) is 0 Å². The minimum atomic E-state index is -0.201. The van der Waals surface area contributed by atoms with Gasteiger partial charge in [0.2, 0.25) is 5.91 Å². The Bertz CT molecular complexity index is 1040. The van der Waals surface area contributed by atoms with Crippen LogP contribution in [0.15, 0.2) is 35.5 Å². The molecule has 0 bridgehead atoms. The first kappa shape index (κ1) is 22.1. The van der Waals surface area contributed by atoms with Gasteiger partial charge < -0.3 is 15.4 Å². The van der Waals surface area contributed by atoms with Crippen molar-refractivity contribution < 1.29 is 14.3 Å². The number of rotatable bonds is 8. The van der Waals surface area contributed by atoms with Crippen LogP contribution in [-0.2, 0) is 4.79 Å². The SMILES string of the molecule is CC=NC(=N)c1cccc(Nc2cc(NC(=O)C(C)C)ncc2C(=O)C2CC2)c1OC. The molecule has 1 aromatic heterocycles. The third-order valence-electron chi connectivity index (χ3n) is 4.90. The molecule has 0 saturated heterocycles. The van der Waals surface area contributed by atoms with Crippen LogP contribution in [0.2, 0.25) is 0 Å². The molecule has 8 heteroatoms. The molecule has 1 amide bonds. The zero-order valence-corrected chi connectivity index (χ0v) is 18.2. The van der Waals surface area contributed by atoms with Gasteiger partial charge in [0.1, 0.15) is 5.82 Å². The highest BCUT2D eigenvalue weighted by atomic mass is 16.5. The predicted molar refractivity (Wildman–Crippen MR) is 122 cm³/mol. The van der Waals surface area contributed by atoms with Crippen molar-refractivity contribution in [3.8, 4) is 5.75 Å². The number of pyridine rings is 1. The van der Waals surface area contributed by atoms with E-state index in [0.717, 1.165) is 12.8 Å². The molecule has 0 unspecified atom stereocenters. The molecule has 162 valence electrons. The van der Waals surface area contributed by atoms with Gasteiger partial charge in [-0.3, -0.25) is 15.0 Å². The first-order valence-electron chi connectivity index (χ1n) is 10.2. The summed E-state index contributed by atoms with van der Waals surface area (Å²) in [6.45, 7) is 5.33. The van der Waals surface area contributed by atoms with E-state index in [0.29, 0.717) is 34.1 Å². The summed E-state index contributed by atoms with van der Waals surface area (Å²) in [6, 6.07) is 6.97. The average molecular weight is 422 g/mol. The lowest BCUT2D eigenvalue weighted by Gasteiger charge is -2.17. The number of hydrogen-bond acceptors (Lipinski definition) is 6. The van der Waals surface area contributed by atoms with Gasteiger partial charge in [0, 0.05) is 30.3 Å². The van der Waals surface area contributed by atoms with Gasteiger partial charge in [-0.05, 0) is 31.9 Å². The molecule has 0 aliphatic heterocycles. The summed E-state index contributed by atoms with van der Waals surface area (Å²) in [6.07, 6.45) is 4.78. The lowest BCUT2D eigenvalue weighted by molar-refractivity contribution is -0.118. The lowest BCUT2D eigenvalue weighted by Crippen LogP contribution is -2.19. The number of carbonyl (C=O) groups is 2. The Hall–Kier alpha value is -3.55. The normalized spacial score (nSPS) is 13.3. The van der Waals surface area contributed by atoms with E-state index in [9.17, 15) is 9.59 Å². The number of para-hydroxylation sites is 1. The van der Waals surface area contributed by atoms with Crippen LogP contribution in [0.25, 0.3) is 0 Å². The molecule has 31 heavy (non-hydrogen) atoms. The molecule has 8 nitrogen and oxygen atoms in total. The Morgan fingerprint density at radius 1 is 1.26 bits per heavy atom. The number of methoxy groups -OCH3 is 1. The average Bonchev–Trinajstić information content (AvgIpc) is 3.59. The number of ether oxygens (including phenoxy) is 1. The van der Waals surface area contributed by atoms with E-state index >= 15 is 0 Å². The van der Waals surface area contributed by atoms with E-state index in [2.05, 4.69) is 20.6 Å². The summed E-state index contributed by atoms with van der Waals surface area (Å²) in [5.74, 6) is 0.531. The minimum Gasteiger partial charge on any atom is -0.494 e. The Labute approximate surface area is 181 Å². The highest BCUT2D eigenvalue weighted by Crippen LogP contribution is 2.37. The van der Waals surface area contributed by atoms with Gasteiger partial charge in [0.05, 0.1) is 29.6 Å². The molecular weight excluding hydrogens is 394 g/mol. The third-order valence-corrected chi connectivity index (χ3v) is 4.90. The van der Waals surface area contributed by atoms with Crippen molar-refractivity contribution in [2.75, 3.05) is 17.7 Å². The number of Topliss-reactive ketones (excluding diaryl/α,β-unsaturated/α-hetero) is 1. The maximum Gasteiger partial charge on any atom is 0.228 e. The lowest BCUT2D eigenvalue weighted by atomic mass is 10.1. The van der Waals surface area contributed by atoms with Crippen LogP contribution in [0.3, 0.4) is 0 Å². The van der Waals surface area contributed by atoms with E-state index in [1.807, 2.05) is 0 Å². The first-order valence-corrected chi connectivity index (χ1v) is 10.2. The van der Waals surface area contributed by atoms with E-state index in [1.165, 1.54) is 13.3 Å². The summed E-state index contributed by atoms with van der Waals surface area (Å²) < 4.78 is 5.56. The number of aliphatic imine (C=N–C) groups is 1. The van der Waals surface area contributed by atoms with E-state index in [4.69, 9.17) is 10.1 Å². The molecular formula is C23H27N5O3. The van der Waals surface area contributed by atoms with E-state index in [-0.39, 0.29) is 29.4 Å². The van der Waals surface area contributed by atoms with Crippen molar-refractivity contribution in [2.24, 2.45) is 16.8 Å². The summed E-state index contributed by atoms with van der Waals surface area (Å²) in [4.78, 5) is 33.2. The van der Waals surface area contributed by atoms with Gasteiger partial charge in [0.15, 0.2) is 17.4 Å². The smallest absolute Gasteiger partial charge is 0.228 e. The number of carbonyl (C=O) groups excluding carboxylic acids is 2. The fraction of sp³-hybridized carbons (Fsp3) is 0.348. The molecule has 1 aromatic carbocycles. The fourth-order valence-corrected chi connectivity index (χ4v) is 3.05. The molecule has 0 radical (unpaired) electrons. The number of hydrogen-bond donors (Lipinski definition) is 3. The fourth-order valence-electron chi connectivity index (χ4n) is 3.05. The van der Waals surface area contributed by atoms with Gasteiger partial charge in [-0.25, -0.2) is 9.98 Å². The van der Waals surface area contributed by atoms with Crippen LogP contribution < -0.4 is 15.4 Å². The first-order chi connectivity index (χ1) is 14.8. The van der Waals surface area contributed by atoms with Crippen molar-refractivity contribution in [1.82, 2.24) is 4.98 Å². The highest BCUT2D eigenvalue weighted by molar-refractivity contribution is 6.06. The molecule has 0 spiro atoms. The van der Waals surface area contributed by atoms with E-state index in [1.54, 1.807) is 51.3 Å². The van der Waals surface area contributed by atoms with Crippen molar-refractivity contribution in [3.05, 3.63) is 41.6 Å². The maximum atomic E-state index is 12.8. The number of amides is 1. The number of aromatic nitrogens is 1. The summed E-state index contributed by atoms with van der Waals surface area (Å²) in [7, 11) is 1.52. The van der Waals surface area contributed by atoms with Gasteiger partial charge >= 0.3 is 0 Å². The molecule has 2 aromatic rings. The predicted octanol–water partition coefficient (Wildman–Crippen LogP) is 4.44. The van der Waals surface area contributed by atoms with Crippen LogP contribution in [-0.4, -0.2) is 35.8 Å². The summed E-state index contributed by atoms with van der Waals surface area (Å²) >= 11 is 0. The Balaban J connectivity index is 2.02.